The molecule has 0 saturated heterocycles. The number of fused-ring (bicyclic) bond motifs is 3. The number of anilines is 6. The predicted molar refractivity (Wildman–Crippen MR) is 395 cm³/mol. The van der Waals surface area contributed by atoms with Crippen LogP contribution >= 0.6 is 0 Å². The molecule has 18 nitrogen and oxygen atoms in total. The van der Waals surface area contributed by atoms with E-state index < -0.39 is 28.0 Å². The molecule has 0 spiro atoms. The molecule has 103 heavy (non-hydrogen) atoms. The van der Waals surface area contributed by atoms with Crippen LogP contribution < -0.4 is 33.2 Å². The average molecular weight is 1390 g/mol. The van der Waals surface area contributed by atoms with Crippen LogP contribution in [0.15, 0.2) is 164 Å². The van der Waals surface area contributed by atoms with Crippen LogP contribution in [0.3, 0.4) is 0 Å². The van der Waals surface area contributed by atoms with Crippen LogP contribution in [-0.2, 0) is 63.4 Å². The first-order chi connectivity index (χ1) is 48.9. The Kier molecular flexibility index (Phi) is 18.1. The zero-order valence-corrected chi connectivity index (χ0v) is 58.9. The monoisotopic (exact) mass is 1390 g/mol. The van der Waals surface area contributed by atoms with Crippen LogP contribution in [0.25, 0.3) is 66.5 Å². The standard InChI is InChI=1S/C27H26F3N5O.C27H28FN5O.C26H26FN5O/c1-15(2)21-14-20(22-23(31)34-35(3)24(22)33-21)16-7-9-19(10-8-16)32-25(36)26(11-12-26)17-5-4-6-18(13-17)27(28,29)30;1-26(2,3)21-15-18(22-23(29)32-33(4)24(22)31-21)16-9-11-17(12-10-16)30-25(34)27(13-14-27)19-7-5-6-8-20(19)28;1-15(2)21-14-20(22-23(28)31-32(3)24(22)30-21)16-7-9-19(10-8-16)29-25(33)26(11-12-26)17-5-4-6-18(27)13-17/h4-10,13-15H,11-12H2,1-3H3,(H2,31,34)(H,32,36);5-12,15H,13-14H2,1-4H3,(H2,29,32)(H,30,34);4-10,13-15H,11-12H2,1-3H3,(H2,28,31)(H,29,33). The number of rotatable bonds is 14. The molecule has 15 rings (SSSR count). The number of benzene rings is 6. The third kappa shape index (κ3) is 13.6. The number of carbonyl (C=O) groups is 3. The highest BCUT2D eigenvalue weighted by molar-refractivity contribution is 6.06. The van der Waals surface area contributed by atoms with Crippen LogP contribution in [0, 0.1) is 11.6 Å². The van der Waals surface area contributed by atoms with Gasteiger partial charge in [0.1, 0.15) is 11.6 Å². The van der Waals surface area contributed by atoms with Crippen molar-refractivity contribution in [1.29, 1.82) is 0 Å². The van der Waals surface area contributed by atoms with Gasteiger partial charge in [0.15, 0.2) is 34.4 Å². The minimum Gasteiger partial charge on any atom is -0.382 e. The Morgan fingerprint density at radius 3 is 1.19 bits per heavy atom. The van der Waals surface area contributed by atoms with E-state index in [9.17, 15) is 36.3 Å². The van der Waals surface area contributed by atoms with Crippen molar-refractivity contribution >= 4 is 85.3 Å². The van der Waals surface area contributed by atoms with Crippen molar-refractivity contribution in [2.75, 3.05) is 33.2 Å². The molecule has 23 heteroatoms. The maximum Gasteiger partial charge on any atom is 0.416 e. The topological polar surface area (TPSA) is 257 Å². The first kappa shape index (κ1) is 70.1. The number of halogens is 5. The van der Waals surface area contributed by atoms with Gasteiger partial charge in [-0.25, -0.2) is 37.8 Å². The molecule has 6 aromatic carbocycles. The zero-order valence-electron chi connectivity index (χ0n) is 58.9. The zero-order chi connectivity index (χ0) is 73.4. The van der Waals surface area contributed by atoms with Crippen molar-refractivity contribution in [2.45, 2.75) is 127 Å². The van der Waals surface area contributed by atoms with Crippen molar-refractivity contribution in [2.24, 2.45) is 21.1 Å². The highest BCUT2D eigenvalue weighted by atomic mass is 19.4. The molecular weight excluding hydrogens is 1310 g/mol. The van der Waals surface area contributed by atoms with Gasteiger partial charge in [0.2, 0.25) is 17.7 Å². The summed E-state index contributed by atoms with van der Waals surface area (Å²) >= 11 is 0. The Balaban J connectivity index is 0.000000138. The number of hydrogen-bond acceptors (Lipinski definition) is 12. The lowest BCUT2D eigenvalue weighted by Gasteiger charge is -2.20. The number of nitrogens with two attached hydrogens (primary N) is 3. The van der Waals surface area contributed by atoms with Crippen molar-refractivity contribution in [3.05, 3.63) is 215 Å². The Morgan fingerprint density at radius 1 is 0.456 bits per heavy atom. The highest BCUT2D eigenvalue weighted by Crippen LogP contribution is 2.52. The van der Waals surface area contributed by atoms with Gasteiger partial charge in [0.25, 0.3) is 0 Å². The molecule has 0 aliphatic heterocycles. The van der Waals surface area contributed by atoms with Crippen molar-refractivity contribution in [3.8, 4) is 33.4 Å². The number of pyridine rings is 3. The molecule has 0 atom stereocenters. The summed E-state index contributed by atoms with van der Waals surface area (Å²) in [7, 11) is 5.48. The molecular formula is C80H80F5N15O3. The number of alkyl halides is 3. The Hall–Kier alpha value is -11.4. The van der Waals surface area contributed by atoms with E-state index in [1.807, 2.05) is 86.9 Å². The van der Waals surface area contributed by atoms with Crippen molar-refractivity contribution in [3.63, 3.8) is 0 Å². The molecule has 6 aromatic heterocycles. The van der Waals surface area contributed by atoms with Gasteiger partial charge >= 0.3 is 6.18 Å². The molecule has 6 heterocycles. The Bertz CT molecular complexity index is 5290. The highest BCUT2D eigenvalue weighted by Gasteiger charge is 2.54. The van der Waals surface area contributed by atoms with E-state index in [2.05, 4.69) is 91.8 Å². The maximum absolute atomic E-state index is 14.3. The molecule has 0 bridgehead atoms. The van der Waals surface area contributed by atoms with Crippen LogP contribution in [0.4, 0.5) is 56.5 Å². The minimum atomic E-state index is -4.45. The SMILES string of the molecule is CC(C)c1cc(-c2ccc(NC(=O)C3(c4cccc(C(F)(F)F)c4)CC3)cc2)c2c(N)nn(C)c2n1.CC(C)c1cc(-c2ccc(NC(=O)C3(c4cccc(F)c4)CC3)cc2)c2c(N)nn(C)c2n1.Cn1nc(N)c2c(-c3ccc(NC(=O)C4(c5ccccc5F)CC4)cc3)cc(C(C)(C)C)nc21. The fraction of sp³-hybridized carbons (Fsp3) is 0.287. The van der Waals surface area contributed by atoms with Gasteiger partial charge in [-0.1, -0.05) is 133 Å². The van der Waals surface area contributed by atoms with Crippen LogP contribution in [-0.4, -0.2) is 62.0 Å². The number of aryl methyl sites for hydroxylation is 3. The van der Waals surface area contributed by atoms with E-state index in [1.54, 1.807) is 63.6 Å². The summed E-state index contributed by atoms with van der Waals surface area (Å²) in [6, 6.07) is 46.6. The lowest BCUT2D eigenvalue weighted by molar-refractivity contribution is -0.137. The Morgan fingerprint density at radius 2 is 0.825 bits per heavy atom. The van der Waals surface area contributed by atoms with E-state index in [0.717, 1.165) is 95.6 Å². The molecule has 3 aliphatic carbocycles. The summed E-state index contributed by atoms with van der Waals surface area (Å²) in [6.07, 6.45) is -0.729. The van der Waals surface area contributed by atoms with Gasteiger partial charge in [-0.05, 0) is 174 Å². The van der Waals surface area contributed by atoms with Crippen molar-refractivity contribution < 1.29 is 36.3 Å². The minimum absolute atomic E-state index is 0.106. The Labute approximate surface area is 592 Å². The number of amides is 3. The lowest BCUT2D eigenvalue weighted by Crippen LogP contribution is -2.28. The van der Waals surface area contributed by atoms with E-state index >= 15 is 0 Å². The molecule has 9 N–H and O–H groups in total. The normalized spacial score (nSPS) is 14.8. The van der Waals surface area contributed by atoms with E-state index in [1.165, 1.54) is 24.3 Å². The van der Waals surface area contributed by atoms with Crippen LogP contribution in [0.5, 0.6) is 0 Å². The summed E-state index contributed by atoms with van der Waals surface area (Å²) in [4.78, 5) is 53.5. The summed E-state index contributed by atoms with van der Waals surface area (Å²) in [5.41, 5.74) is 29.5. The quantitative estimate of drug-likeness (QED) is 0.0556. The summed E-state index contributed by atoms with van der Waals surface area (Å²) < 4.78 is 72.6. The fourth-order valence-electron chi connectivity index (χ4n) is 13.4. The number of carbonyl (C=O) groups excluding carboxylic acids is 3. The van der Waals surface area contributed by atoms with Gasteiger partial charge in [-0.15, -0.1) is 0 Å². The first-order valence-electron chi connectivity index (χ1n) is 34.2. The van der Waals surface area contributed by atoms with E-state index in [0.29, 0.717) is 89.8 Å². The second-order valence-electron chi connectivity index (χ2n) is 28.8. The summed E-state index contributed by atoms with van der Waals surface area (Å²) in [5.74, 6) is 0.458. The number of nitrogens with zero attached hydrogens (tertiary/aromatic N) is 9. The molecule has 3 amide bonds. The number of aromatic nitrogens is 9. The van der Waals surface area contributed by atoms with Crippen molar-refractivity contribution in [1.82, 2.24) is 44.3 Å². The molecule has 3 aliphatic rings. The van der Waals surface area contributed by atoms with Crippen LogP contribution in [0.1, 0.15) is 138 Å². The average Bonchev–Trinajstić information content (AvgIpc) is 1.61. The van der Waals surface area contributed by atoms with Gasteiger partial charge in [-0.2, -0.15) is 28.5 Å². The molecule has 0 unspecified atom stereocenters. The smallest absolute Gasteiger partial charge is 0.382 e. The van der Waals surface area contributed by atoms with Gasteiger partial charge in [0, 0.05) is 66.3 Å². The number of hydrogen-bond donors (Lipinski definition) is 6. The third-order valence-corrected chi connectivity index (χ3v) is 19.9. The molecule has 0 radical (unpaired) electrons. The van der Waals surface area contributed by atoms with E-state index in [-0.39, 0.29) is 46.6 Å². The third-order valence-electron chi connectivity index (χ3n) is 19.9. The number of nitrogens with one attached hydrogen (secondary N) is 3. The maximum atomic E-state index is 14.3. The first-order valence-corrected chi connectivity index (χ1v) is 34.2. The van der Waals surface area contributed by atoms with Crippen LogP contribution in [0.2, 0.25) is 0 Å². The second-order valence-corrected chi connectivity index (χ2v) is 28.8. The molecule has 12 aromatic rings. The molecule has 3 fully saturated rings. The van der Waals surface area contributed by atoms with Gasteiger partial charge in [-0.3, -0.25) is 14.4 Å². The van der Waals surface area contributed by atoms with E-state index in [4.69, 9.17) is 32.2 Å². The molecule has 3 saturated carbocycles. The molecule has 528 valence electrons. The van der Waals surface area contributed by atoms with Gasteiger partial charge < -0.3 is 33.2 Å². The lowest BCUT2D eigenvalue weighted by atomic mass is 9.89. The number of nitrogen functional groups attached to an aromatic ring is 3. The fourth-order valence-corrected chi connectivity index (χ4v) is 13.4. The predicted octanol–water partition coefficient (Wildman–Crippen LogP) is 16.5. The summed E-state index contributed by atoms with van der Waals surface area (Å²) in [6.45, 7) is 14.7. The largest absolute Gasteiger partial charge is 0.416 e. The second kappa shape index (κ2) is 26.5. The summed E-state index contributed by atoms with van der Waals surface area (Å²) in [5, 5.41) is 24.3. The van der Waals surface area contributed by atoms with Gasteiger partial charge in [0.05, 0.1) is 38.0 Å².